The Hall–Kier alpha value is -1.46. The van der Waals surface area contributed by atoms with Gasteiger partial charge in [0.1, 0.15) is 10.2 Å². The summed E-state index contributed by atoms with van der Waals surface area (Å²) in [5.41, 5.74) is 0.628. The second-order valence-electron chi connectivity index (χ2n) is 3.33. The van der Waals surface area contributed by atoms with Gasteiger partial charge in [-0.3, -0.25) is 0 Å². The highest BCUT2D eigenvalue weighted by Crippen LogP contribution is 2.33. The van der Waals surface area contributed by atoms with Gasteiger partial charge in [0, 0.05) is 22.7 Å². The zero-order chi connectivity index (χ0) is 11.1. The fraction of sp³-hybridized carbons (Fsp3) is 0.0909. The SMILES string of the molecule is Cc1nc2scc(-c3cccs3)c2c(=O)o1. The van der Waals surface area contributed by atoms with E-state index in [2.05, 4.69) is 4.98 Å². The average Bonchev–Trinajstić information content (AvgIpc) is 2.82. The van der Waals surface area contributed by atoms with Crippen molar-refractivity contribution in [2.75, 3.05) is 0 Å². The summed E-state index contributed by atoms with van der Waals surface area (Å²) in [5.74, 6) is 0.414. The van der Waals surface area contributed by atoms with Crippen molar-refractivity contribution in [2.24, 2.45) is 0 Å². The first-order chi connectivity index (χ1) is 7.75. The smallest absolute Gasteiger partial charge is 0.348 e. The van der Waals surface area contributed by atoms with Crippen molar-refractivity contribution >= 4 is 32.9 Å². The van der Waals surface area contributed by atoms with E-state index in [0.29, 0.717) is 11.3 Å². The average molecular weight is 249 g/mol. The number of rotatable bonds is 1. The van der Waals surface area contributed by atoms with E-state index in [0.717, 1.165) is 15.3 Å². The maximum atomic E-state index is 11.8. The first-order valence-electron chi connectivity index (χ1n) is 4.68. The predicted molar refractivity (Wildman–Crippen MR) is 66.2 cm³/mol. The maximum Gasteiger partial charge on any atom is 0.348 e. The number of thiophene rings is 2. The zero-order valence-corrected chi connectivity index (χ0v) is 10.0. The van der Waals surface area contributed by atoms with Gasteiger partial charge < -0.3 is 4.42 Å². The van der Waals surface area contributed by atoms with Crippen molar-refractivity contribution in [3.8, 4) is 10.4 Å². The van der Waals surface area contributed by atoms with Gasteiger partial charge in [0.15, 0.2) is 5.89 Å². The van der Waals surface area contributed by atoms with Crippen LogP contribution in [-0.4, -0.2) is 4.98 Å². The summed E-state index contributed by atoms with van der Waals surface area (Å²) in [6.07, 6.45) is 0. The molecular weight excluding hydrogens is 242 g/mol. The molecule has 5 heteroatoms. The van der Waals surface area contributed by atoms with Gasteiger partial charge in [-0.15, -0.1) is 22.7 Å². The molecule has 0 aromatic carbocycles. The molecule has 0 saturated carbocycles. The van der Waals surface area contributed by atoms with Crippen LogP contribution in [0.15, 0.2) is 32.1 Å². The van der Waals surface area contributed by atoms with Crippen LogP contribution in [-0.2, 0) is 0 Å². The molecule has 0 N–H and O–H groups in total. The molecule has 0 aliphatic heterocycles. The minimum atomic E-state index is -0.299. The monoisotopic (exact) mass is 249 g/mol. The first-order valence-corrected chi connectivity index (χ1v) is 6.44. The van der Waals surface area contributed by atoms with Crippen LogP contribution in [0.3, 0.4) is 0 Å². The molecule has 0 saturated heterocycles. The second kappa shape index (κ2) is 3.54. The van der Waals surface area contributed by atoms with Crippen LogP contribution >= 0.6 is 22.7 Å². The first kappa shape index (κ1) is 9.74. The second-order valence-corrected chi connectivity index (χ2v) is 5.13. The van der Waals surface area contributed by atoms with Crippen molar-refractivity contribution in [1.82, 2.24) is 4.98 Å². The Balaban J connectivity index is 2.41. The van der Waals surface area contributed by atoms with Crippen molar-refractivity contribution in [3.63, 3.8) is 0 Å². The van der Waals surface area contributed by atoms with E-state index in [1.165, 1.54) is 11.3 Å². The third kappa shape index (κ3) is 1.40. The topological polar surface area (TPSA) is 43.1 Å². The minimum absolute atomic E-state index is 0.299. The Morgan fingerprint density at radius 3 is 3.00 bits per heavy atom. The molecule has 3 heterocycles. The minimum Gasteiger partial charge on any atom is -0.408 e. The highest BCUT2D eigenvalue weighted by atomic mass is 32.1. The number of aromatic nitrogens is 1. The van der Waals surface area contributed by atoms with Gasteiger partial charge in [0.2, 0.25) is 0 Å². The molecule has 0 radical (unpaired) electrons. The number of hydrogen-bond donors (Lipinski definition) is 0. The molecule has 0 bridgehead atoms. The summed E-state index contributed by atoms with van der Waals surface area (Å²) in [5, 5.41) is 4.54. The van der Waals surface area contributed by atoms with Gasteiger partial charge in [-0.05, 0) is 11.4 Å². The van der Waals surface area contributed by atoms with E-state index in [1.807, 2.05) is 22.9 Å². The molecule has 0 amide bonds. The van der Waals surface area contributed by atoms with Gasteiger partial charge in [0.05, 0.1) is 0 Å². The standard InChI is InChI=1S/C11H7NO2S2/c1-6-12-10-9(11(13)14-6)7(5-16-10)8-3-2-4-15-8/h2-5H,1H3. The molecule has 0 fully saturated rings. The third-order valence-corrected chi connectivity index (χ3v) is 4.04. The molecule has 0 aliphatic rings. The van der Waals surface area contributed by atoms with E-state index in [-0.39, 0.29) is 5.63 Å². The van der Waals surface area contributed by atoms with Gasteiger partial charge in [-0.2, -0.15) is 0 Å². The molecule has 80 valence electrons. The predicted octanol–water partition coefficient (Wildman–Crippen LogP) is 3.29. The Morgan fingerprint density at radius 2 is 2.25 bits per heavy atom. The summed E-state index contributed by atoms with van der Waals surface area (Å²) in [7, 11) is 0. The quantitative estimate of drug-likeness (QED) is 0.664. The molecule has 0 aliphatic carbocycles. The van der Waals surface area contributed by atoms with Crippen LogP contribution in [0.4, 0.5) is 0 Å². The Morgan fingerprint density at radius 1 is 1.38 bits per heavy atom. The van der Waals surface area contributed by atoms with E-state index in [1.54, 1.807) is 18.3 Å². The van der Waals surface area contributed by atoms with E-state index >= 15 is 0 Å². The van der Waals surface area contributed by atoms with Crippen molar-refractivity contribution in [2.45, 2.75) is 6.92 Å². The zero-order valence-electron chi connectivity index (χ0n) is 8.39. The van der Waals surface area contributed by atoms with E-state index in [4.69, 9.17) is 4.42 Å². The van der Waals surface area contributed by atoms with Crippen molar-refractivity contribution in [3.05, 3.63) is 39.2 Å². The largest absolute Gasteiger partial charge is 0.408 e. The molecular formula is C11H7NO2S2. The highest BCUT2D eigenvalue weighted by molar-refractivity contribution is 7.18. The molecule has 3 aromatic rings. The summed E-state index contributed by atoms with van der Waals surface area (Å²) in [6.45, 7) is 1.69. The van der Waals surface area contributed by atoms with Crippen LogP contribution in [0, 0.1) is 6.92 Å². The van der Waals surface area contributed by atoms with E-state index in [9.17, 15) is 4.79 Å². The van der Waals surface area contributed by atoms with Gasteiger partial charge in [0.25, 0.3) is 0 Å². The summed E-state index contributed by atoms with van der Waals surface area (Å²) in [4.78, 5) is 17.8. The Kier molecular flexibility index (Phi) is 2.15. The third-order valence-electron chi connectivity index (χ3n) is 2.26. The van der Waals surface area contributed by atoms with Gasteiger partial charge in [-0.25, -0.2) is 9.78 Å². The van der Waals surface area contributed by atoms with Crippen LogP contribution in [0.2, 0.25) is 0 Å². The molecule has 0 atom stereocenters. The fourth-order valence-corrected chi connectivity index (χ4v) is 3.38. The molecule has 3 nitrogen and oxygen atoms in total. The molecule has 0 unspecified atom stereocenters. The molecule has 0 spiro atoms. The maximum absolute atomic E-state index is 11.8. The van der Waals surface area contributed by atoms with Crippen LogP contribution < -0.4 is 5.63 Å². The Labute approximate surface area is 99.0 Å². The summed E-state index contributed by atoms with van der Waals surface area (Å²) < 4.78 is 5.03. The molecule has 3 aromatic heterocycles. The van der Waals surface area contributed by atoms with Gasteiger partial charge >= 0.3 is 5.63 Å². The fourth-order valence-electron chi connectivity index (χ4n) is 1.59. The van der Waals surface area contributed by atoms with Crippen LogP contribution in [0.1, 0.15) is 5.89 Å². The lowest BCUT2D eigenvalue weighted by atomic mass is 10.2. The van der Waals surface area contributed by atoms with Crippen LogP contribution in [0.25, 0.3) is 20.7 Å². The molecule has 3 rings (SSSR count). The number of fused-ring (bicyclic) bond motifs is 1. The van der Waals surface area contributed by atoms with E-state index < -0.39 is 0 Å². The number of aryl methyl sites for hydroxylation is 1. The lowest BCUT2D eigenvalue weighted by Crippen LogP contribution is -2.01. The van der Waals surface area contributed by atoms with Crippen molar-refractivity contribution < 1.29 is 4.42 Å². The normalized spacial score (nSPS) is 11.1. The number of hydrogen-bond acceptors (Lipinski definition) is 5. The Bertz CT molecular complexity index is 694. The molecule has 16 heavy (non-hydrogen) atoms. The summed E-state index contributed by atoms with van der Waals surface area (Å²) in [6, 6.07) is 3.96. The van der Waals surface area contributed by atoms with Crippen LogP contribution in [0.5, 0.6) is 0 Å². The lowest BCUT2D eigenvalue weighted by molar-refractivity contribution is 0.468. The number of nitrogens with zero attached hydrogens (tertiary/aromatic N) is 1. The van der Waals surface area contributed by atoms with Gasteiger partial charge in [-0.1, -0.05) is 6.07 Å². The lowest BCUT2D eigenvalue weighted by Gasteiger charge is -1.94. The highest BCUT2D eigenvalue weighted by Gasteiger charge is 2.13. The van der Waals surface area contributed by atoms with Crippen molar-refractivity contribution in [1.29, 1.82) is 0 Å². The summed E-state index contributed by atoms with van der Waals surface area (Å²) >= 11 is 3.08.